The molecule has 2 heteroatoms. The summed E-state index contributed by atoms with van der Waals surface area (Å²) in [7, 11) is 1.97. The van der Waals surface area contributed by atoms with Crippen LogP contribution in [0.3, 0.4) is 0 Å². The van der Waals surface area contributed by atoms with Gasteiger partial charge in [-0.15, -0.1) is 0 Å². The molecule has 2 aromatic rings. The molecule has 0 radical (unpaired) electrons. The van der Waals surface area contributed by atoms with Crippen molar-refractivity contribution in [2.75, 3.05) is 13.6 Å². The Hall–Kier alpha value is -1.28. The first-order chi connectivity index (χ1) is 7.74. The summed E-state index contributed by atoms with van der Waals surface area (Å²) in [4.78, 5) is 0. The Morgan fingerprint density at radius 2 is 2.12 bits per heavy atom. The molecule has 0 bridgehead atoms. The second kappa shape index (κ2) is 4.71. The highest BCUT2D eigenvalue weighted by Gasteiger charge is 2.11. The zero-order valence-electron chi connectivity index (χ0n) is 10.2. The molecule has 0 saturated carbocycles. The van der Waals surface area contributed by atoms with Gasteiger partial charge in [0.05, 0.1) is 6.26 Å². The number of nitrogens with one attached hydrogen (secondary N) is 1. The van der Waals surface area contributed by atoms with Gasteiger partial charge in [-0.1, -0.05) is 32.0 Å². The maximum atomic E-state index is 5.71. The zero-order chi connectivity index (χ0) is 11.5. The second-order valence-electron chi connectivity index (χ2n) is 4.49. The van der Waals surface area contributed by atoms with Crippen LogP contribution in [0.1, 0.15) is 30.9 Å². The van der Waals surface area contributed by atoms with Crippen molar-refractivity contribution >= 4 is 11.0 Å². The average molecular weight is 217 g/mol. The largest absolute Gasteiger partial charge is 0.464 e. The molecule has 0 unspecified atom stereocenters. The Balaban J connectivity index is 2.44. The number of hydrogen-bond donors (Lipinski definition) is 1. The molecule has 1 heterocycles. The second-order valence-corrected chi connectivity index (χ2v) is 4.49. The third-order valence-electron chi connectivity index (χ3n) is 2.98. The highest BCUT2D eigenvalue weighted by molar-refractivity contribution is 5.84. The average Bonchev–Trinajstić information content (AvgIpc) is 2.69. The molecule has 2 rings (SSSR count). The van der Waals surface area contributed by atoms with Crippen LogP contribution in [0.4, 0.5) is 0 Å². The number of rotatable bonds is 4. The Bertz CT molecular complexity index is 471. The SMILES string of the molecule is CNCCc1coc2c(C(C)C)cccc12. The minimum absolute atomic E-state index is 0.506. The monoisotopic (exact) mass is 217 g/mol. The molecule has 0 spiro atoms. The Morgan fingerprint density at radius 3 is 2.81 bits per heavy atom. The molecular formula is C14H19NO. The van der Waals surface area contributed by atoms with Crippen LogP contribution in [-0.2, 0) is 6.42 Å². The standard InChI is InChI=1S/C14H19NO/c1-10(2)12-5-4-6-13-11(7-8-15-3)9-16-14(12)13/h4-6,9-10,15H,7-8H2,1-3H3. The van der Waals surface area contributed by atoms with Gasteiger partial charge in [0.15, 0.2) is 0 Å². The molecule has 86 valence electrons. The molecule has 0 aliphatic carbocycles. The van der Waals surface area contributed by atoms with Crippen molar-refractivity contribution in [2.24, 2.45) is 0 Å². The fraction of sp³-hybridized carbons (Fsp3) is 0.429. The van der Waals surface area contributed by atoms with Gasteiger partial charge >= 0.3 is 0 Å². The van der Waals surface area contributed by atoms with Crippen molar-refractivity contribution in [3.63, 3.8) is 0 Å². The molecule has 0 amide bonds. The van der Waals surface area contributed by atoms with Crippen LogP contribution in [0.25, 0.3) is 11.0 Å². The van der Waals surface area contributed by atoms with E-state index >= 15 is 0 Å². The van der Waals surface area contributed by atoms with Gasteiger partial charge in [0.2, 0.25) is 0 Å². The first-order valence-electron chi connectivity index (χ1n) is 5.87. The summed E-state index contributed by atoms with van der Waals surface area (Å²) in [5, 5.41) is 4.43. The van der Waals surface area contributed by atoms with Crippen LogP contribution in [0.2, 0.25) is 0 Å². The zero-order valence-corrected chi connectivity index (χ0v) is 10.2. The van der Waals surface area contributed by atoms with Crippen molar-refractivity contribution in [1.82, 2.24) is 5.32 Å². The van der Waals surface area contributed by atoms with Gasteiger partial charge in [-0.25, -0.2) is 0 Å². The predicted octanol–water partition coefficient (Wildman–Crippen LogP) is 3.32. The molecule has 2 nitrogen and oxygen atoms in total. The van der Waals surface area contributed by atoms with Gasteiger partial charge in [0, 0.05) is 5.39 Å². The van der Waals surface area contributed by atoms with Crippen molar-refractivity contribution in [1.29, 1.82) is 0 Å². The lowest BCUT2D eigenvalue weighted by Gasteiger charge is -2.05. The molecular weight excluding hydrogens is 198 g/mol. The lowest BCUT2D eigenvalue weighted by atomic mass is 9.99. The van der Waals surface area contributed by atoms with Crippen LogP contribution in [-0.4, -0.2) is 13.6 Å². The first-order valence-corrected chi connectivity index (χ1v) is 5.87. The molecule has 1 aromatic heterocycles. The Labute approximate surface area is 96.6 Å². The smallest absolute Gasteiger partial charge is 0.137 e. The van der Waals surface area contributed by atoms with Crippen molar-refractivity contribution < 1.29 is 4.42 Å². The van der Waals surface area contributed by atoms with Gasteiger partial charge in [0.25, 0.3) is 0 Å². The van der Waals surface area contributed by atoms with E-state index in [1.54, 1.807) is 0 Å². The van der Waals surface area contributed by atoms with E-state index in [0.29, 0.717) is 5.92 Å². The van der Waals surface area contributed by atoms with Crippen LogP contribution < -0.4 is 5.32 Å². The number of fused-ring (bicyclic) bond motifs is 1. The maximum absolute atomic E-state index is 5.71. The summed E-state index contributed by atoms with van der Waals surface area (Å²) in [5.74, 6) is 0.506. The van der Waals surface area contributed by atoms with Gasteiger partial charge in [0.1, 0.15) is 5.58 Å². The Kier molecular flexibility index (Phi) is 3.30. The first kappa shape index (κ1) is 11.2. The van der Waals surface area contributed by atoms with Crippen LogP contribution in [0.15, 0.2) is 28.9 Å². The molecule has 0 aliphatic rings. The van der Waals surface area contributed by atoms with Crippen molar-refractivity contribution in [3.05, 3.63) is 35.6 Å². The number of likely N-dealkylation sites (N-methyl/N-ethyl adjacent to an activating group) is 1. The van der Waals surface area contributed by atoms with E-state index in [1.807, 2.05) is 13.3 Å². The predicted molar refractivity (Wildman–Crippen MR) is 67.9 cm³/mol. The normalized spacial score (nSPS) is 11.5. The molecule has 0 aliphatic heterocycles. The van der Waals surface area contributed by atoms with Crippen molar-refractivity contribution in [2.45, 2.75) is 26.2 Å². The summed E-state index contributed by atoms with van der Waals surface area (Å²) >= 11 is 0. The molecule has 0 fully saturated rings. The summed E-state index contributed by atoms with van der Waals surface area (Å²) in [6.45, 7) is 5.38. The van der Waals surface area contributed by atoms with E-state index in [0.717, 1.165) is 18.5 Å². The molecule has 0 saturated heterocycles. The lowest BCUT2D eigenvalue weighted by Crippen LogP contribution is -2.09. The van der Waals surface area contributed by atoms with Gasteiger partial charge in [-0.3, -0.25) is 0 Å². The van der Waals surface area contributed by atoms with Crippen molar-refractivity contribution in [3.8, 4) is 0 Å². The van der Waals surface area contributed by atoms with Crippen LogP contribution in [0.5, 0.6) is 0 Å². The highest BCUT2D eigenvalue weighted by Crippen LogP contribution is 2.29. The van der Waals surface area contributed by atoms with E-state index < -0.39 is 0 Å². The minimum Gasteiger partial charge on any atom is -0.464 e. The highest BCUT2D eigenvalue weighted by atomic mass is 16.3. The summed E-state index contributed by atoms with van der Waals surface area (Å²) < 4.78 is 5.71. The minimum atomic E-state index is 0.506. The van der Waals surface area contributed by atoms with Gasteiger partial charge < -0.3 is 9.73 Å². The number of furan rings is 1. The van der Waals surface area contributed by atoms with Crippen LogP contribution in [0, 0.1) is 0 Å². The molecule has 1 N–H and O–H groups in total. The fourth-order valence-corrected chi connectivity index (χ4v) is 2.04. The van der Waals surface area contributed by atoms with Crippen LogP contribution >= 0.6 is 0 Å². The van der Waals surface area contributed by atoms with E-state index in [1.165, 1.54) is 16.5 Å². The third-order valence-corrected chi connectivity index (χ3v) is 2.98. The summed E-state index contributed by atoms with van der Waals surface area (Å²) in [5.41, 5.74) is 3.66. The maximum Gasteiger partial charge on any atom is 0.137 e. The van der Waals surface area contributed by atoms with E-state index in [2.05, 4.69) is 37.4 Å². The third kappa shape index (κ3) is 1.98. The number of hydrogen-bond acceptors (Lipinski definition) is 2. The Morgan fingerprint density at radius 1 is 1.31 bits per heavy atom. The van der Waals surface area contributed by atoms with Gasteiger partial charge in [-0.05, 0) is 37.1 Å². The van der Waals surface area contributed by atoms with E-state index in [4.69, 9.17) is 4.42 Å². The molecule has 16 heavy (non-hydrogen) atoms. The topological polar surface area (TPSA) is 25.2 Å². The van der Waals surface area contributed by atoms with E-state index in [9.17, 15) is 0 Å². The number of benzene rings is 1. The van der Waals surface area contributed by atoms with Gasteiger partial charge in [-0.2, -0.15) is 0 Å². The summed E-state index contributed by atoms with van der Waals surface area (Å²) in [6.07, 6.45) is 2.92. The molecule has 1 aromatic carbocycles. The molecule has 0 atom stereocenters. The fourth-order valence-electron chi connectivity index (χ4n) is 2.04. The number of para-hydroxylation sites is 1. The lowest BCUT2D eigenvalue weighted by molar-refractivity contribution is 0.601. The summed E-state index contributed by atoms with van der Waals surface area (Å²) in [6, 6.07) is 6.42. The van der Waals surface area contributed by atoms with E-state index in [-0.39, 0.29) is 0 Å². The quantitative estimate of drug-likeness (QED) is 0.850.